The van der Waals surface area contributed by atoms with Crippen LogP contribution in [0.4, 0.5) is 5.82 Å². The van der Waals surface area contributed by atoms with E-state index in [-0.39, 0.29) is 24.8 Å². The summed E-state index contributed by atoms with van der Waals surface area (Å²) in [4.78, 5) is 15.8. The number of rotatable bonds is 7. The Hall–Kier alpha value is -1.47. The summed E-state index contributed by atoms with van der Waals surface area (Å²) in [6.45, 7) is 1.28. The van der Waals surface area contributed by atoms with Crippen LogP contribution < -0.4 is 10.6 Å². The lowest BCUT2D eigenvalue weighted by atomic mass is 9.78. The molecule has 1 aliphatic rings. The Bertz CT molecular complexity index is 668. The zero-order valence-corrected chi connectivity index (χ0v) is 16.8. The number of hydrogen-bond donors (Lipinski definition) is 1. The van der Waals surface area contributed by atoms with Gasteiger partial charge in [-0.1, -0.05) is 6.07 Å². The lowest BCUT2D eigenvalue weighted by Gasteiger charge is -2.32. The molecule has 0 bridgehead atoms. The lowest BCUT2D eigenvalue weighted by molar-refractivity contribution is 0.177. The summed E-state index contributed by atoms with van der Waals surface area (Å²) in [5.41, 5.74) is 8.09. The highest BCUT2D eigenvalue weighted by atomic mass is 35.5. The topological polar surface area (TPSA) is 77.2 Å². The van der Waals surface area contributed by atoms with Gasteiger partial charge in [-0.3, -0.25) is 4.98 Å². The molecule has 0 aliphatic heterocycles. The van der Waals surface area contributed by atoms with Crippen LogP contribution in [0.3, 0.4) is 0 Å². The number of nitrogens with zero attached hydrogens (tertiary/aromatic N) is 4. The molecular weight excluding hydrogens is 373 g/mol. The van der Waals surface area contributed by atoms with Gasteiger partial charge in [-0.05, 0) is 25.0 Å². The Balaban J connectivity index is 0.00000169. The minimum Gasteiger partial charge on any atom is -0.377 e. The molecule has 26 heavy (non-hydrogen) atoms. The van der Waals surface area contributed by atoms with E-state index in [9.17, 15) is 0 Å². The number of methoxy groups -OCH3 is 1. The average molecular weight is 400 g/mol. The summed E-state index contributed by atoms with van der Waals surface area (Å²) < 4.78 is 5.22. The Labute approximate surface area is 167 Å². The molecule has 2 N–H and O–H groups in total. The first kappa shape index (κ1) is 22.6. The quantitative estimate of drug-likeness (QED) is 0.770. The molecule has 0 spiro atoms. The molecule has 2 aromatic rings. The van der Waals surface area contributed by atoms with E-state index in [1.807, 2.05) is 24.4 Å². The third-order valence-corrected chi connectivity index (χ3v) is 4.47. The van der Waals surface area contributed by atoms with E-state index < -0.39 is 0 Å². The SMILES string of the molecule is COCc1nc(C2CC(N)C2)cc(N(C)CCc2ccccn2)n1.Cl.Cl. The van der Waals surface area contributed by atoms with Crippen molar-refractivity contribution in [1.82, 2.24) is 15.0 Å². The van der Waals surface area contributed by atoms with Gasteiger partial charge in [0.05, 0.1) is 0 Å². The summed E-state index contributed by atoms with van der Waals surface area (Å²) >= 11 is 0. The number of pyridine rings is 1. The first-order valence-corrected chi connectivity index (χ1v) is 8.39. The number of likely N-dealkylation sites (N-methyl/N-ethyl adjacent to an activating group) is 1. The van der Waals surface area contributed by atoms with Crippen molar-refractivity contribution in [2.24, 2.45) is 5.73 Å². The standard InChI is InChI=1S/C18H25N5O.2ClH/c1-23(8-6-15-5-3-4-7-20-15)18-11-16(13-9-14(19)10-13)21-17(22-18)12-24-2;;/h3-5,7,11,13-14H,6,8-10,12,19H2,1-2H3;2*1H. The summed E-state index contributed by atoms with van der Waals surface area (Å²) in [5, 5.41) is 0. The van der Waals surface area contributed by atoms with Gasteiger partial charge in [0.25, 0.3) is 0 Å². The van der Waals surface area contributed by atoms with Crippen molar-refractivity contribution >= 4 is 30.6 Å². The smallest absolute Gasteiger partial charge is 0.156 e. The van der Waals surface area contributed by atoms with Crippen molar-refractivity contribution in [3.05, 3.63) is 47.7 Å². The normalized spacial score (nSPS) is 18.3. The number of aromatic nitrogens is 3. The van der Waals surface area contributed by atoms with Crippen LogP contribution >= 0.6 is 24.8 Å². The molecule has 1 aliphatic carbocycles. The second-order valence-corrected chi connectivity index (χ2v) is 6.42. The van der Waals surface area contributed by atoms with Crippen LogP contribution in [-0.4, -0.2) is 41.7 Å². The lowest BCUT2D eigenvalue weighted by Crippen LogP contribution is -2.35. The maximum Gasteiger partial charge on any atom is 0.156 e. The Morgan fingerprint density at radius 2 is 2.00 bits per heavy atom. The molecule has 2 aromatic heterocycles. The molecule has 0 unspecified atom stereocenters. The van der Waals surface area contributed by atoms with Crippen LogP contribution in [0.2, 0.25) is 0 Å². The highest BCUT2D eigenvalue weighted by Crippen LogP contribution is 2.35. The fourth-order valence-corrected chi connectivity index (χ4v) is 2.95. The van der Waals surface area contributed by atoms with Crippen molar-refractivity contribution in [3.8, 4) is 0 Å². The summed E-state index contributed by atoms with van der Waals surface area (Å²) in [6, 6.07) is 8.40. The third-order valence-electron chi connectivity index (χ3n) is 4.47. The molecule has 3 rings (SSSR count). The highest BCUT2D eigenvalue weighted by Gasteiger charge is 2.29. The Kier molecular flexibility index (Phi) is 9.22. The van der Waals surface area contributed by atoms with Gasteiger partial charge in [-0.2, -0.15) is 0 Å². The van der Waals surface area contributed by atoms with E-state index in [0.717, 1.165) is 48.8 Å². The van der Waals surface area contributed by atoms with Gasteiger partial charge in [0, 0.05) is 62.7 Å². The van der Waals surface area contributed by atoms with E-state index in [1.54, 1.807) is 7.11 Å². The third kappa shape index (κ3) is 5.77. The van der Waals surface area contributed by atoms with Crippen LogP contribution in [0.25, 0.3) is 0 Å². The number of hydrogen-bond acceptors (Lipinski definition) is 6. The molecule has 144 valence electrons. The minimum absolute atomic E-state index is 0. The number of anilines is 1. The zero-order valence-electron chi connectivity index (χ0n) is 15.2. The van der Waals surface area contributed by atoms with Gasteiger partial charge < -0.3 is 15.4 Å². The number of nitrogens with two attached hydrogens (primary N) is 1. The van der Waals surface area contributed by atoms with E-state index >= 15 is 0 Å². The van der Waals surface area contributed by atoms with Gasteiger partial charge in [0.1, 0.15) is 12.4 Å². The number of halogens is 2. The van der Waals surface area contributed by atoms with E-state index in [2.05, 4.69) is 33.0 Å². The molecule has 0 aromatic carbocycles. The molecule has 0 amide bonds. The van der Waals surface area contributed by atoms with Gasteiger partial charge >= 0.3 is 0 Å². The largest absolute Gasteiger partial charge is 0.377 e. The maximum atomic E-state index is 5.93. The van der Waals surface area contributed by atoms with E-state index in [4.69, 9.17) is 10.5 Å². The van der Waals surface area contributed by atoms with Crippen LogP contribution in [0, 0.1) is 0 Å². The molecule has 6 nitrogen and oxygen atoms in total. The minimum atomic E-state index is 0. The molecule has 1 saturated carbocycles. The highest BCUT2D eigenvalue weighted by molar-refractivity contribution is 5.85. The van der Waals surface area contributed by atoms with Crippen LogP contribution in [-0.2, 0) is 17.8 Å². The summed E-state index contributed by atoms with van der Waals surface area (Å²) in [7, 11) is 3.72. The van der Waals surface area contributed by atoms with E-state index in [1.165, 1.54) is 0 Å². The summed E-state index contributed by atoms with van der Waals surface area (Å²) in [6.07, 6.45) is 4.71. The maximum absolute atomic E-state index is 5.93. The summed E-state index contributed by atoms with van der Waals surface area (Å²) in [5.74, 6) is 2.11. The first-order valence-electron chi connectivity index (χ1n) is 8.39. The second-order valence-electron chi connectivity index (χ2n) is 6.42. The first-order chi connectivity index (χ1) is 11.7. The van der Waals surface area contributed by atoms with Crippen LogP contribution in [0.1, 0.15) is 36.0 Å². The van der Waals surface area contributed by atoms with Gasteiger partial charge in [0.2, 0.25) is 0 Å². The molecule has 1 fully saturated rings. The van der Waals surface area contributed by atoms with Crippen LogP contribution in [0.15, 0.2) is 30.5 Å². The van der Waals surface area contributed by atoms with E-state index in [0.29, 0.717) is 18.6 Å². The molecule has 0 atom stereocenters. The van der Waals surface area contributed by atoms with Gasteiger partial charge in [-0.25, -0.2) is 9.97 Å². The Morgan fingerprint density at radius 3 is 2.62 bits per heavy atom. The fourth-order valence-electron chi connectivity index (χ4n) is 2.95. The Morgan fingerprint density at radius 1 is 1.23 bits per heavy atom. The molecule has 0 radical (unpaired) electrons. The van der Waals surface area contributed by atoms with Crippen molar-refractivity contribution in [2.75, 3.05) is 25.6 Å². The van der Waals surface area contributed by atoms with Crippen molar-refractivity contribution < 1.29 is 4.74 Å². The number of ether oxygens (including phenoxy) is 1. The van der Waals surface area contributed by atoms with Crippen molar-refractivity contribution in [2.45, 2.75) is 37.8 Å². The molecule has 8 heteroatoms. The molecular formula is C18H27Cl2N5O. The fraction of sp³-hybridized carbons (Fsp3) is 0.500. The molecule has 2 heterocycles. The predicted octanol–water partition coefficient (Wildman–Crippen LogP) is 2.75. The molecule has 0 saturated heterocycles. The van der Waals surface area contributed by atoms with Crippen molar-refractivity contribution in [1.29, 1.82) is 0 Å². The monoisotopic (exact) mass is 399 g/mol. The average Bonchev–Trinajstić information content (AvgIpc) is 2.58. The predicted molar refractivity (Wildman–Crippen MR) is 108 cm³/mol. The van der Waals surface area contributed by atoms with Gasteiger partial charge in [-0.15, -0.1) is 24.8 Å². The van der Waals surface area contributed by atoms with Crippen molar-refractivity contribution in [3.63, 3.8) is 0 Å². The second kappa shape index (κ2) is 10.6. The zero-order chi connectivity index (χ0) is 16.9. The van der Waals surface area contributed by atoms with Gasteiger partial charge in [0.15, 0.2) is 5.82 Å². The van der Waals surface area contributed by atoms with Crippen LogP contribution in [0.5, 0.6) is 0 Å².